The number of nitrogens with one attached hydrogen (secondary N) is 1. The fraction of sp³-hybridized carbons (Fsp3) is 0.267. The van der Waals surface area contributed by atoms with Crippen LogP contribution in [0.2, 0.25) is 0 Å². The number of morpholine rings is 1. The second-order valence-corrected chi connectivity index (χ2v) is 5.16. The Kier molecular flexibility index (Phi) is 3.83. The number of aromatic amines is 1. The molecule has 1 aliphatic heterocycles. The predicted octanol–water partition coefficient (Wildman–Crippen LogP) is 0.593. The number of nitrogens with zero attached hydrogens (tertiary/aromatic N) is 1. The molecule has 1 fully saturated rings. The van der Waals surface area contributed by atoms with E-state index in [1.165, 1.54) is 12.1 Å². The number of amides is 1. The van der Waals surface area contributed by atoms with Gasteiger partial charge >= 0.3 is 5.97 Å². The third-order valence-corrected chi connectivity index (χ3v) is 3.71. The second-order valence-electron chi connectivity index (χ2n) is 5.16. The number of carbonyl (C=O) groups excluding carboxylic acids is 1. The van der Waals surface area contributed by atoms with E-state index in [4.69, 9.17) is 4.74 Å². The van der Waals surface area contributed by atoms with Gasteiger partial charge in [-0.2, -0.15) is 0 Å². The van der Waals surface area contributed by atoms with E-state index in [1.807, 2.05) is 0 Å². The standard InChI is InChI=1S/C15H13FN2O5/c16-8-1-2-9-10(6-13(19)17-11(9)5-8)14(20)18-3-4-23-7-12(18)15(21)22/h1-2,5-6,12H,3-4,7H2,(H,17,19)(H,21,22). The van der Waals surface area contributed by atoms with Crippen LogP contribution in [0.3, 0.4) is 0 Å². The number of hydrogen-bond donors (Lipinski definition) is 2. The zero-order valence-electron chi connectivity index (χ0n) is 11.9. The highest BCUT2D eigenvalue weighted by molar-refractivity contribution is 6.07. The summed E-state index contributed by atoms with van der Waals surface area (Å²) in [5.74, 6) is -2.32. The van der Waals surface area contributed by atoms with E-state index in [9.17, 15) is 23.9 Å². The number of halogens is 1. The van der Waals surface area contributed by atoms with Crippen LogP contribution in [0.4, 0.5) is 4.39 Å². The van der Waals surface area contributed by atoms with Crippen molar-refractivity contribution in [2.45, 2.75) is 6.04 Å². The molecule has 1 atom stereocenters. The maximum absolute atomic E-state index is 13.3. The molecule has 0 radical (unpaired) electrons. The number of fused-ring (bicyclic) bond motifs is 1. The average Bonchev–Trinajstić information content (AvgIpc) is 2.52. The van der Waals surface area contributed by atoms with Crippen LogP contribution in [-0.2, 0) is 9.53 Å². The Bertz CT molecular complexity index is 847. The molecule has 8 heteroatoms. The number of H-pyrrole nitrogens is 1. The van der Waals surface area contributed by atoms with Crippen LogP contribution in [0, 0.1) is 5.82 Å². The average molecular weight is 320 g/mol. The summed E-state index contributed by atoms with van der Waals surface area (Å²) in [4.78, 5) is 39.4. The minimum absolute atomic E-state index is 0.0388. The van der Waals surface area contributed by atoms with Gasteiger partial charge in [0.25, 0.3) is 5.91 Å². The van der Waals surface area contributed by atoms with E-state index in [2.05, 4.69) is 4.98 Å². The van der Waals surface area contributed by atoms with E-state index < -0.39 is 29.3 Å². The Hall–Kier alpha value is -2.74. The van der Waals surface area contributed by atoms with Gasteiger partial charge in [0.1, 0.15) is 5.82 Å². The molecule has 1 amide bonds. The first-order chi connectivity index (χ1) is 11.0. The molecule has 23 heavy (non-hydrogen) atoms. The topological polar surface area (TPSA) is 99.7 Å². The van der Waals surface area contributed by atoms with Crippen molar-refractivity contribution < 1.29 is 23.8 Å². The Labute approximate surface area is 129 Å². The number of aliphatic carboxylic acids is 1. The number of hydrogen-bond acceptors (Lipinski definition) is 4. The van der Waals surface area contributed by atoms with Gasteiger partial charge in [0.2, 0.25) is 5.56 Å². The lowest BCUT2D eigenvalue weighted by molar-refractivity contribution is -0.147. The molecule has 7 nitrogen and oxygen atoms in total. The van der Waals surface area contributed by atoms with Crippen LogP contribution in [0.15, 0.2) is 29.1 Å². The van der Waals surface area contributed by atoms with E-state index in [0.29, 0.717) is 5.39 Å². The SMILES string of the molecule is O=C(O)C1COCCN1C(=O)c1cc(=O)[nH]c2cc(F)ccc12. The maximum Gasteiger partial charge on any atom is 0.328 e. The second kappa shape index (κ2) is 5.81. The minimum atomic E-state index is -1.18. The molecule has 2 N–H and O–H groups in total. The first kappa shape index (κ1) is 15.2. The number of carbonyl (C=O) groups is 2. The molecule has 0 bridgehead atoms. The van der Waals surface area contributed by atoms with Gasteiger partial charge in [0, 0.05) is 18.0 Å². The largest absolute Gasteiger partial charge is 0.480 e. The van der Waals surface area contributed by atoms with E-state index in [0.717, 1.165) is 17.0 Å². The lowest BCUT2D eigenvalue weighted by Crippen LogP contribution is -2.52. The fourth-order valence-corrected chi connectivity index (χ4v) is 2.62. The smallest absolute Gasteiger partial charge is 0.328 e. The minimum Gasteiger partial charge on any atom is -0.480 e. The van der Waals surface area contributed by atoms with Gasteiger partial charge in [-0.1, -0.05) is 0 Å². The first-order valence-electron chi connectivity index (χ1n) is 6.91. The van der Waals surface area contributed by atoms with Crippen LogP contribution in [0.25, 0.3) is 10.9 Å². The van der Waals surface area contributed by atoms with Crippen LogP contribution in [-0.4, -0.2) is 52.7 Å². The number of carboxylic acid groups (broad SMARTS) is 1. The molecule has 1 aromatic carbocycles. The van der Waals surface area contributed by atoms with Crippen molar-refractivity contribution in [1.29, 1.82) is 0 Å². The highest BCUT2D eigenvalue weighted by Crippen LogP contribution is 2.20. The normalized spacial score (nSPS) is 18.1. The molecule has 1 saturated heterocycles. The van der Waals surface area contributed by atoms with Gasteiger partial charge in [-0.05, 0) is 18.2 Å². The van der Waals surface area contributed by atoms with Crippen molar-refractivity contribution >= 4 is 22.8 Å². The van der Waals surface area contributed by atoms with Gasteiger partial charge in [-0.15, -0.1) is 0 Å². The number of aromatic nitrogens is 1. The summed E-state index contributed by atoms with van der Waals surface area (Å²) >= 11 is 0. The Morgan fingerprint density at radius 2 is 2.13 bits per heavy atom. The lowest BCUT2D eigenvalue weighted by atomic mass is 10.1. The lowest BCUT2D eigenvalue weighted by Gasteiger charge is -2.33. The van der Waals surface area contributed by atoms with Crippen molar-refractivity contribution in [1.82, 2.24) is 9.88 Å². The Morgan fingerprint density at radius 3 is 2.87 bits per heavy atom. The number of benzene rings is 1. The number of carboxylic acids is 1. The van der Waals surface area contributed by atoms with Crippen molar-refractivity contribution in [3.05, 3.63) is 46.0 Å². The van der Waals surface area contributed by atoms with E-state index in [-0.39, 0.29) is 30.8 Å². The molecular weight excluding hydrogens is 307 g/mol. The van der Waals surface area contributed by atoms with Gasteiger partial charge in [0.15, 0.2) is 6.04 Å². The van der Waals surface area contributed by atoms with Crippen LogP contribution >= 0.6 is 0 Å². The molecule has 0 aliphatic carbocycles. The molecule has 1 unspecified atom stereocenters. The van der Waals surface area contributed by atoms with Crippen molar-refractivity contribution in [3.8, 4) is 0 Å². The number of ether oxygens (including phenoxy) is 1. The van der Waals surface area contributed by atoms with Gasteiger partial charge in [-0.3, -0.25) is 9.59 Å². The van der Waals surface area contributed by atoms with Gasteiger partial charge < -0.3 is 19.7 Å². The van der Waals surface area contributed by atoms with Crippen molar-refractivity contribution in [3.63, 3.8) is 0 Å². The zero-order chi connectivity index (χ0) is 16.6. The third kappa shape index (κ3) is 2.80. The summed E-state index contributed by atoms with van der Waals surface area (Å²) < 4.78 is 18.4. The van der Waals surface area contributed by atoms with Gasteiger partial charge in [-0.25, -0.2) is 9.18 Å². The monoisotopic (exact) mass is 320 g/mol. The highest BCUT2D eigenvalue weighted by Gasteiger charge is 2.34. The molecule has 3 rings (SSSR count). The quantitative estimate of drug-likeness (QED) is 0.844. The summed E-state index contributed by atoms with van der Waals surface area (Å²) in [6, 6.07) is 3.64. The number of rotatable bonds is 2. The van der Waals surface area contributed by atoms with Crippen molar-refractivity contribution in [2.75, 3.05) is 19.8 Å². The molecule has 0 saturated carbocycles. The summed E-state index contributed by atoms with van der Waals surface area (Å²) in [7, 11) is 0. The van der Waals surface area contributed by atoms with Crippen LogP contribution < -0.4 is 5.56 Å². The molecule has 2 aromatic rings. The van der Waals surface area contributed by atoms with Crippen molar-refractivity contribution in [2.24, 2.45) is 0 Å². The summed E-state index contributed by atoms with van der Waals surface area (Å²) in [5.41, 5.74) is -0.343. The molecular formula is C15H13FN2O5. The van der Waals surface area contributed by atoms with Crippen LogP contribution in [0.5, 0.6) is 0 Å². The fourth-order valence-electron chi connectivity index (χ4n) is 2.62. The highest BCUT2D eigenvalue weighted by atomic mass is 19.1. The molecule has 120 valence electrons. The third-order valence-electron chi connectivity index (χ3n) is 3.71. The molecule has 0 spiro atoms. The molecule has 1 aromatic heterocycles. The zero-order valence-corrected chi connectivity index (χ0v) is 11.9. The predicted molar refractivity (Wildman–Crippen MR) is 77.8 cm³/mol. The summed E-state index contributed by atoms with van der Waals surface area (Å²) in [5, 5.41) is 9.57. The molecule has 2 heterocycles. The Morgan fingerprint density at radius 1 is 1.35 bits per heavy atom. The Balaban J connectivity index is 2.10. The van der Waals surface area contributed by atoms with Gasteiger partial charge in [0.05, 0.1) is 24.3 Å². The maximum atomic E-state index is 13.3. The summed E-state index contributed by atoms with van der Waals surface area (Å²) in [6.45, 7) is 0.202. The van der Waals surface area contributed by atoms with Crippen LogP contribution in [0.1, 0.15) is 10.4 Å². The van der Waals surface area contributed by atoms with E-state index in [1.54, 1.807) is 0 Å². The molecule has 1 aliphatic rings. The first-order valence-corrected chi connectivity index (χ1v) is 6.91. The summed E-state index contributed by atoms with van der Waals surface area (Å²) in [6.07, 6.45) is 0. The van der Waals surface area contributed by atoms with E-state index >= 15 is 0 Å². The number of pyridine rings is 1.